The minimum absolute atomic E-state index is 0.273. The smallest absolute Gasteiger partial charge is 0.248 e. The lowest BCUT2D eigenvalue weighted by Crippen LogP contribution is -2.07. The zero-order chi connectivity index (χ0) is 25.8. The number of amides is 1. The van der Waals surface area contributed by atoms with Gasteiger partial charge < -0.3 is 14.8 Å². The number of ether oxygens (including phenoxy) is 2. The normalized spacial score (nSPS) is 11.1. The summed E-state index contributed by atoms with van der Waals surface area (Å²) >= 11 is 4.86. The molecular weight excluding hydrogens is 552 g/mol. The Hall–Kier alpha value is -4.08. The Morgan fingerprint density at radius 1 is 0.838 bits per heavy atom. The van der Waals surface area contributed by atoms with Crippen LogP contribution in [0.2, 0.25) is 0 Å². The summed E-state index contributed by atoms with van der Waals surface area (Å²) in [6, 6.07) is 22.6. The van der Waals surface area contributed by atoms with Gasteiger partial charge in [-0.15, -0.1) is 0 Å². The highest BCUT2D eigenvalue weighted by atomic mass is 79.9. The van der Waals surface area contributed by atoms with Crippen LogP contribution in [0.15, 0.2) is 83.3 Å². The number of hydrogen-bond donors (Lipinski definition) is 1. The van der Waals surface area contributed by atoms with Crippen LogP contribution in [0.4, 0.5) is 5.69 Å². The number of anilines is 1. The Balaban J connectivity index is 1.53. The maximum Gasteiger partial charge on any atom is 0.248 e. The maximum atomic E-state index is 12.6. The van der Waals surface area contributed by atoms with Crippen molar-refractivity contribution in [3.8, 4) is 33.5 Å². The van der Waals surface area contributed by atoms with Gasteiger partial charge in [0.15, 0.2) is 5.82 Å². The maximum absolute atomic E-state index is 12.6. The number of benzene rings is 3. The van der Waals surface area contributed by atoms with Crippen LogP contribution < -0.4 is 14.8 Å². The number of halogens is 1. The number of hydrogen-bond acceptors (Lipinski definition) is 7. The first-order valence-electron chi connectivity index (χ1n) is 11.2. The molecule has 0 saturated heterocycles. The fourth-order valence-corrected chi connectivity index (χ4v) is 4.77. The van der Waals surface area contributed by atoms with E-state index >= 15 is 0 Å². The van der Waals surface area contributed by atoms with Crippen molar-refractivity contribution in [2.75, 3.05) is 19.5 Å². The Morgan fingerprint density at radius 2 is 1.46 bits per heavy atom. The van der Waals surface area contributed by atoms with Gasteiger partial charge in [-0.25, -0.2) is 15.0 Å². The van der Waals surface area contributed by atoms with Crippen LogP contribution in [0.3, 0.4) is 0 Å². The summed E-state index contributed by atoms with van der Waals surface area (Å²) in [5, 5.41) is 3.65. The molecule has 0 unspecified atom stereocenters. The monoisotopic (exact) mass is 572 g/mol. The molecule has 3 aromatic carbocycles. The van der Waals surface area contributed by atoms with Gasteiger partial charge in [0.1, 0.15) is 26.9 Å². The number of nitrogens with zero attached hydrogens (tertiary/aromatic N) is 3. The predicted octanol–water partition coefficient (Wildman–Crippen LogP) is 6.85. The zero-order valence-corrected chi connectivity index (χ0v) is 22.3. The van der Waals surface area contributed by atoms with Gasteiger partial charge in [-0.3, -0.25) is 4.79 Å². The number of thiazole rings is 1. The number of aromatic nitrogens is 3. The lowest BCUT2D eigenvalue weighted by Gasteiger charge is -2.05. The summed E-state index contributed by atoms with van der Waals surface area (Å²) in [6.45, 7) is 0. The largest absolute Gasteiger partial charge is 0.497 e. The summed E-state index contributed by atoms with van der Waals surface area (Å²) in [7, 11) is 3.26. The second kappa shape index (κ2) is 10.9. The van der Waals surface area contributed by atoms with Crippen LogP contribution in [0, 0.1) is 0 Å². The van der Waals surface area contributed by atoms with Crippen LogP contribution in [0.5, 0.6) is 11.5 Å². The van der Waals surface area contributed by atoms with E-state index in [9.17, 15) is 4.79 Å². The topological polar surface area (TPSA) is 86.2 Å². The first kappa shape index (κ1) is 24.6. The van der Waals surface area contributed by atoms with Gasteiger partial charge in [-0.1, -0.05) is 27.3 Å². The molecule has 0 saturated carbocycles. The Labute approximate surface area is 226 Å². The van der Waals surface area contributed by atoms with Crippen molar-refractivity contribution in [2.24, 2.45) is 0 Å². The standard InChI is InChI=1S/C28H21BrN4O3S/c1-35-21-11-3-17(4-12-21)26-31-23(15-16-24(34)30-20-9-7-19(29)8-10-20)25-28(33-26)37-27(32-25)18-5-13-22(36-2)14-6-18/h3-16H,1-2H3,(H,30,34)/b16-15+. The van der Waals surface area contributed by atoms with E-state index in [0.717, 1.165) is 36.9 Å². The third-order valence-corrected chi connectivity index (χ3v) is 7.00. The van der Waals surface area contributed by atoms with E-state index in [1.165, 1.54) is 17.4 Å². The molecule has 9 heteroatoms. The summed E-state index contributed by atoms with van der Waals surface area (Å²) in [5.74, 6) is 1.78. The van der Waals surface area contributed by atoms with E-state index in [4.69, 9.17) is 24.4 Å². The molecule has 184 valence electrons. The molecule has 2 heterocycles. The number of methoxy groups -OCH3 is 2. The quantitative estimate of drug-likeness (QED) is 0.214. The van der Waals surface area contributed by atoms with E-state index in [-0.39, 0.29) is 5.91 Å². The minimum Gasteiger partial charge on any atom is -0.497 e. The van der Waals surface area contributed by atoms with E-state index in [1.807, 2.05) is 72.8 Å². The first-order valence-corrected chi connectivity index (χ1v) is 12.9. The third kappa shape index (κ3) is 5.68. The zero-order valence-electron chi connectivity index (χ0n) is 19.9. The van der Waals surface area contributed by atoms with Crippen molar-refractivity contribution in [3.05, 3.63) is 89.0 Å². The number of carbonyl (C=O) groups is 1. The second-order valence-corrected chi connectivity index (χ2v) is 9.78. The molecule has 7 nitrogen and oxygen atoms in total. The molecule has 1 N–H and O–H groups in total. The minimum atomic E-state index is -0.273. The van der Waals surface area contributed by atoms with Crippen molar-refractivity contribution < 1.29 is 14.3 Å². The van der Waals surface area contributed by atoms with Crippen molar-refractivity contribution in [1.29, 1.82) is 0 Å². The average molecular weight is 573 g/mol. The van der Waals surface area contributed by atoms with Gasteiger partial charge in [0.25, 0.3) is 0 Å². The van der Waals surface area contributed by atoms with Crippen molar-refractivity contribution in [1.82, 2.24) is 15.0 Å². The van der Waals surface area contributed by atoms with Crippen LogP contribution in [-0.2, 0) is 4.79 Å². The summed E-state index contributed by atoms with van der Waals surface area (Å²) in [4.78, 5) is 27.7. The Morgan fingerprint density at radius 3 is 2.08 bits per heavy atom. The highest BCUT2D eigenvalue weighted by molar-refractivity contribution is 9.10. The molecule has 5 aromatic rings. The molecule has 1 amide bonds. The number of carbonyl (C=O) groups excluding carboxylic acids is 1. The van der Waals surface area contributed by atoms with Gasteiger partial charge in [0, 0.05) is 27.4 Å². The molecule has 0 spiro atoms. The Kier molecular flexibility index (Phi) is 7.25. The van der Waals surface area contributed by atoms with Crippen molar-refractivity contribution >= 4 is 55.3 Å². The summed E-state index contributed by atoms with van der Waals surface area (Å²) < 4.78 is 11.5. The van der Waals surface area contributed by atoms with Crippen molar-refractivity contribution in [2.45, 2.75) is 0 Å². The third-order valence-electron chi connectivity index (χ3n) is 5.48. The highest BCUT2D eigenvalue weighted by Crippen LogP contribution is 2.33. The van der Waals surface area contributed by atoms with E-state index in [2.05, 4.69) is 21.2 Å². The van der Waals surface area contributed by atoms with Gasteiger partial charge in [0.2, 0.25) is 5.91 Å². The molecule has 0 atom stereocenters. The highest BCUT2D eigenvalue weighted by Gasteiger charge is 2.15. The van der Waals surface area contributed by atoms with Gasteiger partial charge in [-0.2, -0.15) is 0 Å². The number of nitrogens with one attached hydrogen (secondary N) is 1. The van der Waals surface area contributed by atoms with Crippen LogP contribution >= 0.6 is 27.3 Å². The van der Waals surface area contributed by atoms with Crippen molar-refractivity contribution in [3.63, 3.8) is 0 Å². The lowest BCUT2D eigenvalue weighted by molar-refractivity contribution is -0.111. The number of rotatable bonds is 7. The average Bonchev–Trinajstić information content (AvgIpc) is 3.37. The van der Waals surface area contributed by atoms with Crippen LogP contribution in [0.1, 0.15) is 5.69 Å². The molecular formula is C28H21BrN4O3S. The SMILES string of the molecule is COc1ccc(-c2nc(/C=C/C(=O)Nc3ccc(Br)cc3)c3nc(-c4ccc(OC)cc4)sc3n2)cc1. The molecule has 37 heavy (non-hydrogen) atoms. The lowest BCUT2D eigenvalue weighted by atomic mass is 10.2. The van der Waals surface area contributed by atoms with Crippen LogP contribution in [-0.4, -0.2) is 35.1 Å². The molecule has 0 radical (unpaired) electrons. The molecule has 0 fully saturated rings. The number of fused-ring (bicyclic) bond motifs is 1. The van der Waals surface area contributed by atoms with E-state index in [1.54, 1.807) is 20.3 Å². The van der Waals surface area contributed by atoms with E-state index < -0.39 is 0 Å². The second-order valence-electron chi connectivity index (χ2n) is 7.89. The molecule has 0 aliphatic rings. The van der Waals surface area contributed by atoms with Gasteiger partial charge in [0.05, 0.1) is 19.9 Å². The van der Waals surface area contributed by atoms with Gasteiger partial charge in [-0.05, 0) is 78.9 Å². The molecule has 5 rings (SSSR count). The molecule has 0 bridgehead atoms. The molecule has 0 aliphatic heterocycles. The summed E-state index contributed by atoms with van der Waals surface area (Å²) in [5.41, 5.74) is 3.65. The summed E-state index contributed by atoms with van der Waals surface area (Å²) in [6.07, 6.45) is 3.12. The fourth-order valence-electron chi connectivity index (χ4n) is 3.56. The Bertz CT molecular complexity index is 1580. The van der Waals surface area contributed by atoms with Crippen LogP contribution in [0.25, 0.3) is 38.4 Å². The first-order chi connectivity index (χ1) is 18.0. The van der Waals surface area contributed by atoms with E-state index in [0.29, 0.717) is 22.7 Å². The molecule has 2 aromatic heterocycles. The van der Waals surface area contributed by atoms with Gasteiger partial charge >= 0.3 is 0 Å². The molecule has 0 aliphatic carbocycles. The predicted molar refractivity (Wildman–Crippen MR) is 151 cm³/mol. The fraction of sp³-hybridized carbons (Fsp3) is 0.0714.